The van der Waals surface area contributed by atoms with Crippen LogP contribution in [-0.4, -0.2) is 0 Å². The number of aryl methyl sites for hydroxylation is 3. The van der Waals surface area contributed by atoms with E-state index in [-0.39, 0.29) is 5.63 Å². The number of rotatable bonds is 4. The minimum atomic E-state index is -0.290. The van der Waals surface area contributed by atoms with E-state index in [4.69, 9.17) is 4.42 Å². The van der Waals surface area contributed by atoms with Crippen molar-refractivity contribution < 1.29 is 4.42 Å². The van der Waals surface area contributed by atoms with Crippen LogP contribution in [0.4, 0.5) is 5.69 Å². The summed E-state index contributed by atoms with van der Waals surface area (Å²) in [5.74, 6) is 0. The lowest BCUT2D eigenvalue weighted by atomic mass is 10.1. The molecule has 122 valence electrons. The molecule has 0 bridgehead atoms. The van der Waals surface area contributed by atoms with Crippen LogP contribution < -0.4 is 10.9 Å². The van der Waals surface area contributed by atoms with Gasteiger partial charge in [-0.15, -0.1) is 0 Å². The van der Waals surface area contributed by atoms with Gasteiger partial charge in [-0.25, -0.2) is 4.79 Å². The predicted octanol–water partition coefficient (Wildman–Crippen LogP) is 4.46. The highest BCUT2D eigenvalue weighted by Gasteiger charge is 2.11. The van der Waals surface area contributed by atoms with Crippen molar-refractivity contribution in [3.63, 3.8) is 0 Å². The van der Waals surface area contributed by atoms with Gasteiger partial charge in [0.2, 0.25) is 0 Å². The Bertz CT molecular complexity index is 956. The first kappa shape index (κ1) is 15.0. The van der Waals surface area contributed by atoms with E-state index in [1.165, 1.54) is 36.0 Å². The number of hydrogen-bond acceptors (Lipinski definition) is 3. The Labute approximate surface area is 141 Å². The van der Waals surface area contributed by atoms with E-state index in [0.29, 0.717) is 12.1 Å². The fraction of sp³-hybridized carbons (Fsp3) is 0.286. The molecular weight excluding hydrogens is 298 g/mol. The van der Waals surface area contributed by atoms with Crippen molar-refractivity contribution in [2.45, 2.75) is 39.2 Å². The van der Waals surface area contributed by atoms with Crippen molar-refractivity contribution in [1.29, 1.82) is 0 Å². The van der Waals surface area contributed by atoms with E-state index in [2.05, 4.69) is 42.6 Å². The lowest BCUT2D eigenvalue weighted by Crippen LogP contribution is -2.06. The summed E-state index contributed by atoms with van der Waals surface area (Å²) in [6.07, 6.45) is 4.54. The van der Waals surface area contributed by atoms with Crippen molar-refractivity contribution in [3.05, 3.63) is 75.1 Å². The molecule has 0 atom stereocenters. The standard InChI is InChI=1S/C21H21NO2/c1-2-14-6-9-19-17(12-21(23)24-20(19)10-14)13-22-18-8-7-15-4-3-5-16(15)11-18/h6-12,22H,2-5,13H2,1H3. The van der Waals surface area contributed by atoms with Gasteiger partial charge in [-0.1, -0.05) is 25.1 Å². The van der Waals surface area contributed by atoms with Crippen molar-refractivity contribution in [2.75, 3.05) is 5.32 Å². The molecule has 1 aliphatic rings. The van der Waals surface area contributed by atoms with Gasteiger partial charge < -0.3 is 9.73 Å². The summed E-state index contributed by atoms with van der Waals surface area (Å²) < 4.78 is 5.37. The van der Waals surface area contributed by atoms with Crippen LogP contribution in [0.1, 0.15) is 35.6 Å². The van der Waals surface area contributed by atoms with Gasteiger partial charge in [0.1, 0.15) is 5.58 Å². The van der Waals surface area contributed by atoms with Crippen LogP contribution in [0.25, 0.3) is 11.0 Å². The zero-order chi connectivity index (χ0) is 16.5. The highest BCUT2D eigenvalue weighted by atomic mass is 16.4. The SMILES string of the molecule is CCc1ccc2c(CNc3ccc4c(c3)CCC4)cc(=O)oc2c1. The molecule has 0 amide bonds. The van der Waals surface area contributed by atoms with Gasteiger partial charge in [0.25, 0.3) is 0 Å². The van der Waals surface area contributed by atoms with Gasteiger partial charge in [-0.2, -0.15) is 0 Å². The third-order valence-electron chi connectivity index (χ3n) is 4.88. The number of fused-ring (bicyclic) bond motifs is 2. The summed E-state index contributed by atoms with van der Waals surface area (Å²) in [6.45, 7) is 2.71. The summed E-state index contributed by atoms with van der Waals surface area (Å²) >= 11 is 0. The monoisotopic (exact) mass is 319 g/mol. The third-order valence-corrected chi connectivity index (χ3v) is 4.88. The Morgan fingerprint density at radius 2 is 1.92 bits per heavy atom. The van der Waals surface area contributed by atoms with Crippen molar-refractivity contribution in [3.8, 4) is 0 Å². The van der Waals surface area contributed by atoms with Gasteiger partial charge in [0.05, 0.1) is 0 Å². The van der Waals surface area contributed by atoms with E-state index < -0.39 is 0 Å². The van der Waals surface area contributed by atoms with Gasteiger partial charge in [0.15, 0.2) is 0 Å². The second-order valence-corrected chi connectivity index (χ2v) is 6.47. The molecule has 24 heavy (non-hydrogen) atoms. The summed E-state index contributed by atoms with van der Waals surface area (Å²) in [4.78, 5) is 11.9. The maximum absolute atomic E-state index is 11.9. The number of nitrogens with one attached hydrogen (secondary N) is 1. The second kappa shape index (κ2) is 6.16. The largest absolute Gasteiger partial charge is 0.423 e. The fourth-order valence-corrected chi connectivity index (χ4v) is 3.52. The molecule has 3 nitrogen and oxygen atoms in total. The molecule has 1 N–H and O–H groups in total. The molecule has 0 unspecified atom stereocenters. The number of benzene rings is 2. The van der Waals surface area contributed by atoms with Gasteiger partial charge in [-0.05, 0) is 66.1 Å². The predicted molar refractivity (Wildman–Crippen MR) is 97.7 cm³/mol. The highest BCUT2D eigenvalue weighted by Crippen LogP contribution is 2.26. The molecule has 0 radical (unpaired) electrons. The van der Waals surface area contributed by atoms with Crippen LogP contribution in [0.2, 0.25) is 0 Å². The summed E-state index contributed by atoms with van der Waals surface area (Å²) in [6, 6.07) is 14.3. The van der Waals surface area contributed by atoms with E-state index >= 15 is 0 Å². The first-order valence-electron chi connectivity index (χ1n) is 8.64. The Morgan fingerprint density at radius 3 is 2.79 bits per heavy atom. The van der Waals surface area contributed by atoms with E-state index in [9.17, 15) is 4.79 Å². The van der Waals surface area contributed by atoms with Crippen LogP contribution in [0.3, 0.4) is 0 Å². The van der Waals surface area contributed by atoms with E-state index in [1.807, 2.05) is 6.07 Å². The van der Waals surface area contributed by atoms with Gasteiger partial charge in [-0.3, -0.25) is 0 Å². The second-order valence-electron chi connectivity index (χ2n) is 6.47. The van der Waals surface area contributed by atoms with Crippen molar-refractivity contribution >= 4 is 16.7 Å². The molecule has 0 saturated heterocycles. The number of anilines is 1. The maximum Gasteiger partial charge on any atom is 0.336 e. The Balaban J connectivity index is 1.63. The molecule has 3 aromatic rings. The average Bonchev–Trinajstić information content (AvgIpc) is 3.06. The summed E-state index contributed by atoms with van der Waals surface area (Å²) in [7, 11) is 0. The van der Waals surface area contributed by atoms with Crippen molar-refractivity contribution in [2.24, 2.45) is 0 Å². The molecule has 4 rings (SSSR count). The summed E-state index contributed by atoms with van der Waals surface area (Å²) in [5, 5.41) is 4.46. The number of hydrogen-bond donors (Lipinski definition) is 1. The average molecular weight is 319 g/mol. The molecule has 0 spiro atoms. The van der Waals surface area contributed by atoms with Crippen LogP contribution >= 0.6 is 0 Å². The molecule has 0 aliphatic heterocycles. The molecule has 1 aromatic heterocycles. The molecule has 0 saturated carbocycles. The topological polar surface area (TPSA) is 42.2 Å². The molecule has 2 aromatic carbocycles. The van der Waals surface area contributed by atoms with E-state index in [0.717, 1.165) is 23.1 Å². The zero-order valence-corrected chi connectivity index (χ0v) is 13.9. The quantitative estimate of drug-likeness (QED) is 0.722. The normalized spacial score (nSPS) is 13.2. The first-order chi connectivity index (χ1) is 11.7. The van der Waals surface area contributed by atoms with Crippen LogP contribution in [0.5, 0.6) is 0 Å². The zero-order valence-electron chi connectivity index (χ0n) is 13.9. The Hall–Kier alpha value is -2.55. The molecule has 1 aliphatic carbocycles. The Kier molecular flexibility index (Phi) is 3.85. The van der Waals surface area contributed by atoms with E-state index in [1.54, 1.807) is 6.07 Å². The van der Waals surface area contributed by atoms with Gasteiger partial charge >= 0.3 is 5.63 Å². The Morgan fingerprint density at radius 1 is 1.04 bits per heavy atom. The van der Waals surface area contributed by atoms with Crippen LogP contribution in [0.15, 0.2) is 51.7 Å². The van der Waals surface area contributed by atoms with Crippen molar-refractivity contribution in [1.82, 2.24) is 0 Å². The fourth-order valence-electron chi connectivity index (χ4n) is 3.52. The summed E-state index contributed by atoms with van der Waals surface area (Å²) in [5.41, 5.74) is 6.57. The lowest BCUT2D eigenvalue weighted by Gasteiger charge is -2.10. The minimum Gasteiger partial charge on any atom is -0.423 e. The minimum absolute atomic E-state index is 0.290. The smallest absolute Gasteiger partial charge is 0.336 e. The third kappa shape index (κ3) is 2.82. The van der Waals surface area contributed by atoms with Crippen LogP contribution in [-0.2, 0) is 25.8 Å². The first-order valence-corrected chi connectivity index (χ1v) is 8.64. The molecule has 0 fully saturated rings. The van der Waals surface area contributed by atoms with Crippen LogP contribution in [0, 0.1) is 0 Å². The molecule has 1 heterocycles. The molecular formula is C21H21NO2. The lowest BCUT2D eigenvalue weighted by molar-refractivity contribution is 0.559. The highest BCUT2D eigenvalue weighted by molar-refractivity contribution is 5.81. The molecule has 3 heteroatoms. The van der Waals surface area contributed by atoms with Gasteiger partial charge in [0, 0.05) is 23.7 Å². The maximum atomic E-state index is 11.9.